The standard InChI is InChI=1S/C25H37FN2O2.C22H35BrO2.C3H3FN2.2CH4/c1-23(30)10-11-24(2)16(12-23)4-5-17-18-6-7-20(25(18,3)9-8-19(17)24)21(29)13-28-14-22(26)27-15-28;1-20(25)10-11-21(2)14(12-20)4-5-15-16-6-7-18(19(24)13-23)22(16,3)9-8-17(15)21;4-3-1-5-2-6-3;;/h14-20,30H,4-13H2,1-3H3;14-18,25H,4-13H2,1-3H3;1-2H,(H,5,6);2*1H4/t16-,17-,18-,19-,20+,23+,24-,25-;14-,15-,16-,17-,18+,20+,21-,22-;;;/m00.../s1. The first kappa shape index (κ1) is 50.4. The third-order valence-corrected chi connectivity index (χ3v) is 20.8. The molecule has 2 heterocycles. The average Bonchev–Trinajstić information content (AvgIpc) is 4.01. The Morgan fingerprint density at radius 3 is 1.56 bits per heavy atom. The molecule has 2 aromatic rings. The number of aliphatic hydroxyl groups is 2. The van der Waals surface area contributed by atoms with Gasteiger partial charge in [0.05, 0.1) is 48.1 Å². The van der Waals surface area contributed by atoms with Crippen LogP contribution >= 0.6 is 15.9 Å². The van der Waals surface area contributed by atoms with Gasteiger partial charge < -0.3 is 19.8 Å². The molecule has 10 rings (SSSR count). The summed E-state index contributed by atoms with van der Waals surface area (Å²) in [5.41, 5.74) is 0.168. The van der Waals surface area contributed by atoms with Crippen molar-refractivity contribution >= 4 is 27.5 Å². The minimum absolute atomic E-state index is 0. The lowest BCUT2D eigenvalue weighted by atomic mass is 9.44. The molecule has 0 saturated heterocycles. The first-order valence-electron chi connectivity index (χ1n) is 24.1. The number of hydrogen-bond donors (Lipinski definition) is 3. The number of halogens is 3. The second kappa shape index (κ2) is 18.6. The van der Waals surface area contributed by atoms with E-state index in [2.05, 4.69) is 58.6 Å². The van der Waals surface area contributed by atoms with Crippen LogP contribution in [-0.2, 0) is 16.1 Å². The number of hydrogen-bond acceptors (Lipinski definition) is 6. The molecule has 3 N–H and O–H groups in total. The van der Waals surface area contributed by atoms with Gasteiger partial charge in [0.1, 0.15) is 5.78 Å². The molecular weight excluding hydrogens is 862 g/mol. The van der Waals surface area contributed by atoms with Crippen molar-refractivity contribution < 1.29 is 28.6 Å². The fourth-order valence-corrected chi connectivity index (χ4v) is 17.4. The smallest absolute Gasteiger partial charge is 0.230 e. The van der Waals surface area contributed by atoms with E-state index in [-0.39, 0.29) is 49.8 Å². The zero-order valence-electron chi connectivity index (χ0n) is 37.9. The average molecular weight is 946 g/mol. The molecule has 8 fully saturated rings. The van der Waals surface area contributed by atoms with E-state index in [9.17, 15) is 28.6 Å². The normalized spacial score (nSPS) is 45.6. The fourth-order valence-electron chi connectivity index (χ4n) is 17.0. The van der Waals surface area contributed by atoms with Crippen LogP contribution in [0.4, 0.5) is 8.78 Å². The Morgan fingerprint density at radius 2 is 1.16 bits per heavy atom. The number of ketones is 2. The van der Waals surface area contributed by atoms with E-state index in [4.69, 9.17) is 0 Å². The van der Waals surface area contributed by atoms with Gasteiger partial charge in [0.2, 0.25) is 11.9 Å². The molecule has 0 aromatic carbocycles. The van der Waals surface area contributed by atoms with Crippen LogP contribution in [0.25, 0.3) is 0 Å². The Morgan fingerprint density at radius 1 is 0.683 bits per heavy atom. The summed E-state index contributed by atoms with van der Waals surface area (Å²) in [5.74, 6) is 5.97. The number of fused-ring (bicyclic) bond motifs is 10. The summed E-state index contributed by atoms with van der Waals surface area (Å²) >= 11 is 3.43. The highest BCUT2D eigenvalue weighted by molar-refractivity contribution is 9.09. The lowest BCUT2D eigenvalue weighted by Gasteiger charge is -2.61. The summed E-state index contributed by atoms with van der Waals surface area (Å²) in [5, 5.41) is 21.8. The molecular formula is C52H83BrF2N4O4. The number of carbonyl (C=O) groups excluding carboxylic acids is 2. The van der Waals surface area contributed by atoms with Crippen molar-refractivity contribution in [1.82, 2.24) is 19.5 Å². The molecule has 11 heteroatoms. The molecule has 8 aliphatic rings. The maximum Gasteiger partial charge on any atom is 0.230 e. The van der Waals surface area contributed by atoms with E-state index in [1.54, 1.807) is 4.57 Å². The van der Waals surface area contributed by atoms with Crippen molar-refractivity contribution in [2.45, 2.75) is 190 Å². The van der Waals surface area contributed by atoms with E-state index in [1.165, 1.54) is 76.6 Å². The van der Waals surface area contributed by atoms with Crippen molar-refractivity contribution in [3.8, 4) is 0 Å². The van der Waals surface area contributed by atoms with E-state index >= 15 is 0 Å². The summed E-state index contributed by atoms with van der Waals surface area (Å²) in [6.45, 7) is 14.2. The molecule has 356 valence electrons. The van der Waals surface area contributed by atoms with Gasteiger partial charge in [0.25, 0.3) is 0 Å². The number of imidazole rings is 2. The van der Waals surface area contributed by atoms with Crippen LogP contribution in [0.3, 0.4) is 0 Å². The van der Waals surface area contributed by atoms with E-state index in [0.29, 0.717) is 39.7 Å². The molecule has 8 nitrogen and oxygen atoms in total. The molecule has 0 unspecified atom stereocenters. The molecule has 0 spiro atoms. The number of alkyl halides is 1. The van der Waals surface area contributed by atoms with Crippen molar-refractivity contribution in [2.75, 3.05) is 5.33 Å². The van der Waals surface area contributed by atoms with Crippen LogP contribution in [0.2, 0.25) is 0 Å². The summed E-state index contributed by atoms with van der Waals surface area (Å²) in [6.07, 6.45) is 25.9. The number of rotatable bonds is 5. The Balaban J connectivity index is 0.000000182. The van der Waals surface area contributed by atoms with Crippen LogP contribution in [-0.4, -0.2) is 57.8 Å². The highest BCUT2D eigenvalue weighted by Gasteiger charge is 2.63. The molecule has 8 saturated carbocycles. The highest BCUT2D eigenvalue weighted by atomic mass is 79.9. The molecule has 0 aliphatic heterocycles. The van der Waals surface area contributed by atoms with E-state index in [1.807, 2.05) is 13.8 Å². The number of nitrogens with one attached hydrogen (secondary N) is 1. The maximum absolute atomic E-state index is 13.2. The second-order valence-corrected chi connectivity index (χ2v) is 24.0. The maximum atomic E-state index is 13.2. The number of aromatic nitrogens is 4. The number of Topliss-reactive ketones (excluding diaryl/α,β-unsaturated/α-hetero) is 2. The SMILES string of the molecule is C.C.C[C@@]1(O)CC[C@@]2(C)[C@@H](CC[C@@H]3[C@@H]2CC[C@]2(C)[C@@H](C(=O)CBr)CC[C@@H]32)C1.C[C@@]1(O)CC[C@@]2(C)[C@@H](CC[C@@H]3[C@@H]2CC[C@]2(C)[C@@H](C(=O)Cn4cnc(F)c4)CC[C@@H]32)C1.Fc1cnc[nH]1. The molecule has 0 radical (unpaired) electrons. The zero-order valence-corrected chi connectivity index (χ0v) is 39.5. The first-order valence-corrected chi connectivity index (χ1v) is 25.2. The second-order valence-electron chi connectivity index (χ2n) is 23.4. The van der Waals surface area contributed by atoms with Gasteiger partial charge >= 0.3 is 0 Å². The summed E-state index contributed by atoms with van der Waals surface area (Å²) in [4.78, 5) is 35.0. The third kappa shape index (κ3) is 9.22. The summed E-state index contributed by atoms with van der Waals surface area (Å²) in [6, 6.07) is 0. The molecule has 8 aliphatic carbocycles. The van der Waals surface area contributed by atoms with Crippen molar-refractivity contribution in [3.05, 3.63) is 36.9 Å². The zero-order chi connectivity index (χ0) is 43.8. The molecule has 0 bridgehead atoms. The first-order chi connectivity index (χ1) is 28.7. The lowest BCUT2D eigenvalue weighted by Crippen LogP contribution is -2.55. The van der Waals surface area contributed by atoms with E-state index in [0.717, 1.165) is 93.6 Å². The highest BCUT2D eigenvalue weighted by Crippen LogP contribution is 2.70. The van der Waals surface area contributed by atoms with Gasteiger partial charge in [0, 0.05) is 11.8 Å². The van der Waals surface area contributed by atoms with E-state index < -0.39 is 23.1 Å². The molecule has 2 aromatic heterocycles. The van der Waals surface area contributed by atoms with Crippen LogP contribution in [0.15, 0.2) is 25.0 Å². The van der Waals surface area contributed by atoms with Crippen LogP contribution in [0.1, 0.15) is 172 Å². The minimum Gasteiger partial charge on any atom is -0.390 e. The van der Waals surface area contributed by atoms with Crippen molar-refractivity contribution in [3.63, 3.8) is 0 Å². The van der Waals surface area contributed by atoms with Gasteiger partial charge in [0.15, 0.2) is 5.78 Å². The van der Waals surface area contributed by atoms with Gasteiger partial charge in [-0.1, -0.05) is 58.5 Å². The van der Waals surface area contributed by atoms with Gasteiger partial charge in [-0.15, -0.1) is 0 Å². The quantitative estimate of drug-likeness (QED) is 0.257. The third-order valence-electron chi connectivity index (χ3n) is 20.2. The predicted octanol–water partition coefficient (Wildman–Crippen LogP) is 12.2. The lowest BCUT2D eigenvalue weighted by molar-refractivity contribution is -0.151. The predicted molar refractivity (Wildman–Crippen MR) is 250 cm³/mol. The Labute approximate surface area is 386 Å². The monoisotopic (exact) mass is 945 g/mol. The van der Waals surface area contributed by atoms with Crippen molar-refractivity contribution in [1.29, 1.82) is 0 Å². The minimum atomic E-state index is -0.518. The fraction of sp³-hybridized carbons (Fsp3) is 0.846. The van der Waals surface area contributed by atoms with Gasteiger partial charge in [-0.05, 0) is 198 Å². The van der Waals surface area contributed by atoms with Gasteiger partial charge in [-0.3, -0.25) is 9.59 Å². The molecule has 0 amide bonds. The van der Waals surface area contributed by atoms with Crippen LogP contribution in [0, 0.1) is 92.7 Å². The Kier molecular flexibility index (Phi) is 14.9. The number of nitrogens with zero attached hydrogens (tertiary/aromatic N) is 3. The van der Waals surface area contributed by atoms with Crippen LogP contribution < -0.4 is 0 Å². The Hall–Kier alpha value is -1.98. The number of H-pyrrole nitrogens is 1. The largest absolute Gasteiger partial charge is 0.390 e. The summed E-state index contributed by atoms with van der Waals surface area (Å²) < 4.78 is 26.4. The number of carbonyl (C=O) groups is 2. The topological polar surface area (TPSA) is 121 Å². The number of aromatic amines is 1. The Bertz CT molecular complexity index is 1890. The van der Waals surface area contributed by atoms with Crippen LogP contribution in [0.5, 0.6) is 0 Å². The molecule has 16 atom stereocenters. The van der Waals surface area contributed by atoms with Gasteiger partial charge in [-0.25, -0.2) is 9.97 Å². The van der Waals surface area contributed by atoms with Gasteiger partial charge in [-0.2, -0.15) is 8.78 Å². The summed E-state index contributed by atoms with van der Waals surface area (Å²) in [7, 11) is 0. The van der Waals surface area contributed by atoms with Crippen molar-refractivity contribution in [2.24, 2.45) is 80.8 Å². The molecule has 63 heavy (non-hydrogen) atoms.